The van der Waals surface area contributed by atoms with Gasteiger partial charge in [-0.1, -0.05) is 30.3 Å². The number of urea groups is 1. The molecule has 1 atom stereocenters. The summed E-state index contributed by atoms with van der Waals surface area (Å²) in [5.41, 5.74) is 3.64. The van der Waals surface area contributed by atoms with Crippen molar-refractivity contribution in [3.63, 3.8) is 0 Å². The maximum atomic E-state index is 13.1. The first kappa shape index (κ1) is 16.3. The lowest BCUT2D eigenvalue weighted by Gasteiger charge is -2.23. The van der Waals surface area contributed by atoms with Crippen molar-refractivity contribution in [2.45, 2.75) is 38.3 Å². The Balaban J connectivity index is 1.63. The molecule has 1 fully saturated rings. The number of benzene rings is 2. The van der Waals surface area contributed by atoms with E-state index < -0.39 is 11.6 Å². The third kappa shape index (κ3) is 2.55. The second-order valence-corrected chi connectivity index (χ2v) is 7.10. The van der Waals surface area contributed by atoms with Crippen molar-refractivity contribution in [3.05, 3.63) is 70.3 Å². The summed E-state index contributed by atoms with van der Waals surface area (Å²) < 4.78 is 0. The lowest BCUT2D eigenvalue weighted by Crippen LogP contribution is -2.40. The smallest absolute Gasteiger partial charge is 0.319 e. The highest BCUT2D eigenvalue weighted by atomic mass is 16.2. The highest BCUT2D eigenvalue weighted by Gasteiger charge is 2.49. The number of nitriles is 1. The summed E-state index contributed by atoms with van der Waals surface area (Å²) in [6.07, 6.45) is 3.23. The third-order valence-corrected chi connectivity index (χ3v) is 5.35. The number of aryl methyl sites for hydroxylation is 2. The molecule has 0 aromatic heterocycles. The van der Waals surface area contributed by atoms with Crippen LogP contribution in [0.15, 0.2) is 42.5 Å². The molecule has 26 heavy (non-hydrogen) atoms. The molecule has 0 spiro atoms. The van der Waals surface area contributed by atoms with E-state index in [0.29, 0.717) is 5.56 Å². The minimum absolute atomic E-state index is 0.153. The van der Waals surface area contributed by atoms with E-state index in [1.54, 1.807) is 25.1 Å². The highest BCUT2D eigenvalue weighted by Crippen LogP contribution is 2.33. The molecule has 1 N–H and O–H groups in total. The molecule has 1 aliphatic heterocycles. The van der Waals surface area contributed by atoms with Gasteiger partial charge in [0.25, 0.3) is 5.91 Å². The van der Waals surface area contributed by atoms with Gasteiger partial charge in [0.2, 0.25) is 0 Å². The first-order valence-electron chi connectivity index (χ1n) is 8.77. The van der Waals surface area contributed by atoms with Gasteiger partial charge in [0, 0.05) is 0 Å². The number of hydrogen-bond acceptors (Lipinski definition) is 3. The van der Waals surface area contributed by atoms with E-state index >= 15 is 0 Å². The minimum Gasteiger partial charge on any atom is -0.319 e. The van der Waals surface area contributed by atoms with Gasteiger partial charge in [-0.2, -0.15) is 5.26 Å². The van der Waals surface area contributed by atoms with Crippen LogP contribution in [0.5, 0.6) is 0 Å². The molecule has 2 aromatic rings. The van der Waals surface area contributed by atoms with Crippen LogP contribution in [0.1, 0.15) is 41.2 Å². The minimum atomic E-state index is -1.05. The van der Waals surface area contributed by atoms with Gasteiger partial charge in [0.1, 0.15) is 5.54 Å². The van der Waals surface area contributed by atoms with Gasteiger partial charge in [0.15, 0.2) is 0 Å². The van der Waals surface area contributed by atoms with Crippen molar-refractivity contribution in [2.24, 2.45) is 0 Å². The first-order chi connectivity index (χ1) is 12.5. The zero-order chi connectivity index (χ0) is 18.3. The molecule has 2 aliphatic rings. The molecular formula is C21H19N3O2. The van der Waals surface area contributed by atoms with Crippen LogP contribution in [0.3, 0.4) is 0 Å². The van der Waals surface area contributed by atoms with Crippen molar-refractivity contribution >= 4 is 11.9 Å². The molecule has 0 bridgehead atoms. The molecule has 130 valence electrons. The number of imide groups is 1. The molecular weight excluding hydrogens is 326 g/mol. The molecule has 3 amide bonds. The maximum Gasteiger partial charge on any atom is 0.325 e. The molecule has 0 saturated carbocycles. The molecule has 1 aliphatic carbocycles. The number of rotatable bonds is 3. The SMILES string of the molecule is CC1(c2ccc3c(c2)CCC3)NC(=O)N(Cc2cccc(C#N)c2)C1=O. The van der Waals surface area contributed by atoms with E-state index in [1.807, 2.05) is 12.1 Å². The van der Waals surface area contributed by atoms with E-state index in [9.17, 15) is 9.59 Å². The average molecular weight is 345 g/mol. The van der Waals surface area contributed by atoms with E-state index in [4.69, 9.17) is 5.26 Å². The van der Waals surface area contributed by atoms with Gasteiger partial charge in [-0.05, 0) is 60.6 Å². The van der Waals surface area contributed by atoms with Crippen molar-refractivity contribution in [3.8, 4) is 6.07 Å². The fourth-order valence-electron chi connectivity index (χ4n) is 3.84. The summed E-state index contributed by atoms with van der Waals surface area (Å²) in [4.78, 5) is 26.8. The Kier molecular flexibility index (Phi) is 3.77. The number of nitrogens with one attached hydrogen (secondary N) is 1. The maximum absolute atomic E-state index is 13.1. The van der Waals surface area contributed by atoms with Crippen LogP contribution in [-0.2, 0) is 29.7 Å². The topological polar surface area (TPSA) is 73.2 Å². The monoisotopic (exact) mass is 345 g/mol. The number of amides is 3. The zero-order valence-corrected chi connectivity index (χ0v) is 14.6. The summed E-state index contributed by atoms with van der Waals surface area (Å²) >= 11 is 0. The molecule has 1 saturated heterocycles. The normalized spacial score (nSPS) is 21.5. The van der Waals surface area contributed by atoms with E-state index in [0.717, 1.165) is 30.4 Å². The summed E-state index contributed by atoms with van der Waals surface area (Å²) in [6, 6.07) is 14.7. The Morgan fingerprint density at radius 2 is 1.96 bits per heavy atom. The van der Waals surface area contributed by atoms with Crippen LogP contribution >= 0.6 is 0 Å². The molecule has 0 radical (unpaired) electrons. The van der Waals surface area contributed by atoms with Gasteiger partial charge in [-0.3, -0.25) is 9.69 Å². The number of nitrogens with zero attached hydrogens (tertiary/aromatic N) is 2. The molecule has 4 rings (SSSR count). The standard InChI is InChI=1S/C21H19N3O2/c1-21(18-9-8-16-6-3-7-17(16)11-18)19(25)24(20(26)23-21)13-15-5-2-4-14(10-15)12-22/h2,4-5,8-11H,3,6-7,13H2,1H3,(H,23,26). The summed E-state index contributed by atoms with van der Waals surface area (Å²) in [5, 5.41) is 11.9. The van der Waals surface area contributed by atoms with Gasteiger partial charge in [-0.25, -0.2) is 4.79 Å². The molecule has 2 aromatic carbocycles. The quantitative estimate of drug-likeness (QED) is 0.869. The molecule has 1 heterocycles. The summed E-state index contributed by atoms with van der Waals surface area (Å²) in [6.45, 7) is 1.91. The van der Waals surface area contributed by atoms with Crippen molar-refractivity contribution in [1.29, 1.82) is 5.26 Å². The zero-order valence-electron chi connectivity index (χ0n) is 14.6. The Hall–Kier alpha value is -3.13. The second kappa shape index (κ2) is 5.99. The van der Waals surface area contributed by atoms with Crippen LogP contribution in [-0.4, -0.2) is 16.8 Å². The number of fused-ring (bicyclic) bond motifs is 1. The lowest BCUT2D eigenvalue weighted by molar-refractivity contribution is -0.131. The van der Waals surface area contributed by atoms with Crippen LogP contribution in [0.25, 0.3) is 0 Å². The predicted molar refractivity (Wildman–Crippen MR) is 96.1 cm³/mol. The third-order valence-electron chi connectivity index (χ3n) is 5.35. The van der Waals surface area contributed by atoms with Crippen LogP contribution < -0.4 is 5.32 Å². The van der Waals surface area contributed by atoms with Crippen LogP contribution in [0.4, 0.5) is 4.79 Å². The largest absolute Gasteiger partial charge is 0.325 e. The molecule has 5 heteroatoms. The Morgan fingerprint density at radius 1 is 1.15 bits per heavy atom. The lowest BCUT2D eigenvalue weighted by atomic mass is 9.89. The fourth-order valence-corrected chi connectivity index (χ4v) is 3.84. The number of hydrogen-bond donors (Lipinski definition) is 1. The van der Waals surface area contributed by atoms with Crippen LogP contribution in [0, 0.1) is 11.3 Å². The van der Waals surface area contributed by atoms with Crippen molar-refractivity contribution < 1.29 is 9.59 Å². The second-order valence-electron chi connectivity index (χ2n) is 7.10. The van der Waals surface area contributed by atoms with Crippen molar-refractivity contribution in [2.75, 3.05) is 0 Å². The summed E-state index contributed by atoms with van der Waals surface area (Å²) in [5.74, 6) is -0.261. The first-order valence-corrected chi connectivity index (χ1v) is 8.77. The van der Waals surface area contributed by atoms with Gasteiger partial charge < -0.3 is 5.32 Å². The van der Waals surface area contributed by atoms with E-state index in [1.165, 1.54) is 16.0 Å². The van der Waals surface area contributed by atoms with E-state index in [-0.39, 0.29) is 12.5 Å². The van der Waals surface area contributed by atoms with Gasteiger partial charge in [-0.15, -0.1) is 0 Å². The predicted octanol–water partition coefficient (Wildman–Crippen LogP) is 3.01. The molecule has 1 unspecified atom stereocenters. The number of carbonyl (C=O) groups is 2. The van der Waals surface area contributed by atoms with Gasteiger partial charge in [0.05, 0.1) is 18.2 Å². The highest BCUT2D eigenvalue weighted by molar-refractivity contribution is 6.07. The fraction of sp³-hybridized carbons (Fsp3) is 0.286. The Bertz CT molecular complexity index is 960. The Labute approximate surface area is 152 Å². The number of carbonyl (C=O) groups excluding carboxylic acids is 2. The van der Waals surface area contributed by atoms with Gasteiger partial charge >= 0.3 is 6.03 Å². The summed E-state index contributed by atoms with van der Waals surface area (Å²) in [7, 11) is 0. The van der Waals surface area contributed by atoms with Crippen molar-refractivity contribution in [1.82, 2.24) is 10.2 Å². The van der Waals surface area contributed by atoms with Crippen LogP contribution in [0.2, 0.25) is 0 Å². The van der Waals surface area contributed by atoms with E-state index in [2.05, 4.69) is 23.5 Å². The molecule has 5 nitrogen and oxygen atoms in total. The Morgan fingerprint density at radius 3 is 2.77 bits per heavy atom. The average Bonchev–Trinajstić information content (AvgIpc) is 3.20.